The quantitative estimate of drug-likeness (QED) is 0.0501. The first kappa shape index (κ1) is 80.7. The summed E-state index contributed by atoms with van der Waals surface area (Å²) in [6, 6.07) is 32.4. The van der Waals surface area contributed by atoms with E-state index < -0.39 is 0 Å². The number of benzene rings is 4. The third-order valence-corrected chi connectivity index (χ3v) is 21.6. The first-order valence-electron chi connectivity index (χ1n) is 35.8. The van der Waals surface area contributed by atoms with Gasteiger partial charge >= 0.3 is 0 Å². The van der Waals surface area contributed by atoms with E-state index >= 15 is 0 Å². The van der Waals surface area contributed by atoms with Gasteiger partial charge in [0.15, 0.2) is 0 Å². The highest BCUT2D eigenvalue weighted by molar-refractivity contribution is 6.38. The average Bonchev–Trinajstić information content (AvgIpc) is 1.44. The number of hydrogen-bond donors (Lipinski definition) is 7. The van der Waals surface area contributed by atoms with Gasteiger partial charge in [0.25, 0.3) is 23.6 Å². The first-order chi connectivity index (χ1) is 54.2. The lowest BCUT2D eigenvalue weighted by Gasteiger charge is -2.32. The van der Waals surface area contributed by atoms with Gasteiger partial charge in [0.05, 0.1) is 49.3 Å². The standard InChI is InChI=1S/C20H21Cl2N5O.C20H15Cl2N5O.2C20H20Cl2N4O2/c1-25-4-6-26(7-5-25)20(28)18-11-24-19-8-13(10-23)16(12-27(18)19)15-3-2-14(21)9-17(15)22;21-13-3-4-15(17(22)7-13)16-11-27-18(10-25-19(27)6-12(16)8-23)20(28)26-14-2-1-5-24-9-14;21-13-1-2-15(17(22)8-13)16-11-26-18(10-24-19(26)7-12(16)9-23)20(27)25-14-3-5-28-6-4-14;21-13-3-4-15(17(22)7-13)16-10-26-18(9-24-19(26)6-12(16)8-23)20(27)25-14-2-1-5-28-11-14/h2-3,8-9,11-12H,4-7,10,23H2,1H3;1-7,9-11H,8,23H2,(H,26,28);1-2,7-8,10-11,14H,3-6,9,23H2,(H,25,27);3-4,6-7,9-10,14H,1-2,5,8,11,23H2,(H,25,27). The van der Waals surface area contributed by atoms with E-state index in [1.807, 2.05) is 82.6 Å². The van der Waals surface area contributed by atoms with E-state index in [4.69, 9.17) is 125 Å². The maximum absolute atomic E-state index is 13.1. The zero-order valence-corrected chi connectivity index (χ0v) is 66.4. The number of amides is 4. The van der Waals surface area contributed by atoms with Gasteiger partial charge in [-0.05, 0) is 140 Å². The molecule has 3 fully saturated rings. The Bertz CT molecular complexity index is 5480. The highest BCUT2D eigenvalue weighted by atomic mass is 35.5. The van der Waals surface area contributed by atoms with Crippen molar-refractivity contribution in [3.8, 4) is 44.5 Å². The van der Waals surface area contributed by atoms with Crippen LogP contribution in [0.25, 0.3) is 67.1 Å². The average molecular weight is 1670 g/mol. The van der Waals surface area contributed by atoms with E-state index in [1.54, 1.807) is 105 Å². The van der Waals surface area contributed by atoms with Crippen LogP contribution in [0, 0.1) is 0 Å². The maximum Gasteiger partial charge on any atom is 0.274 e. The third-order valence-electron chi connectivity index (χ3n) is 19.4. The number of imidazole rings is 4. The predicted molar refractivity (Wildman–Crippen MR) is 442 cm³/mol. The topological polar surface area (TPSA) is 315 Å². The number of aromatic nitrogens is 9. The van der Waals surface area contributed by atoms with Gasteiger partial charge in [0.1, 0.15) is 45.4 Å². The monoisotopic (exact) mass is 1660 g/mol. The van der Waals surface area contributed by atoms with Crippen molar-refractivity contribution in [3.63, 3.8) is 0 Å². The summed E-state index contributed by atoms with van der Waals surface area (Å²) in [5.74, 6) is -0.659. The van der Waals surface area contributed by atoms with Crippen molar-refractivity contribution in [1.82, 2.24) is 63.0 Å². The van der Waals surface area contributed by atoms with E-state index in [0.717, 1.165) is 112 Å². The fraction of sp³-hybridized carbons (Fsp3) is 0.237. The summed E-state index contributed by atoms with van der Waals surface area (Å²) in [6.07, 6.45) is 20.4. The van der Waals surface area contributed by atoms with Crippen molar-refractivity contribution in [3.05, 3.63) is 256 Å². The number of fused-ring (bicyclic) bond motifs is 4. The van der Waals surface area contributed by atoms with Crippen LogP contribution in [0.3, 0.4) is 0 Å². The van der Waals surface area contributed by atoms with Gasteiger partial charge in [-0.15, -0.1) is 0 Å². The summed E-state index contributed by atoms with van der Waals surface area (Å²) >= 11 is 49.7. The second-order valence-electron chi connectivity index (χ2n) is 26.7. The fourth-order valence-corrected chi connectivity index (χ4v) is 15.5. The molecule has 0 spiro atoms. The number of hydrogen-bond acceptors (Lipinski definition) is 16. The molecule has 32 heteroatoms. The van der Waals surface area contributed by atoms with Gasteiger partial charge in [-0.2, -0.15) is 0 Å². The van der Waals surface area contributed by atoms with Gasteiger partial charge in [0.2, 0.25) is 0 Å². The van der Waals surface area contributed by atoms with Crippen LogP contribution in [0.1, 0.15) is 89.9 Å². The van der Waals surface area contributed by atoms with E-state index in [-0.39, 0.29) is 35.7 Å². The second-order valence-corrected chi connectivity index (χ2v) is 30.1. The molecule has 1 unspecified atom stereocenters. The van der Waals surface area contributed by atoms with Crippen LogP contribution in [-0.2, 0) is 35.7 Å². The van der Waals surface area contributed by atoms with Gasteiger partial charge in [-0.25, -0.2) is 19.9 Å². The van der Waals surface area contributed by atoms with E-state index in [0.29, 0.717) is 150 Å². The normalized spacial score (nSPS) is 14.6. The SMILES string of the molecule is CN1CCN(C(=O)c2cnc3cc(CN)c(-c4ccc(Cl)cc4Cl)cn23)CC1.NCc1cc2ncc(C(=O)NC3CCCOC3)n2cc1-c1ccc(Cl)cc1Cl.NCc1cc2ncc(C(=O)NC3CCOCC3)n2cc1-c1ccc(Cl)cc1Cl.NCc1cc2ncc(C(=O)Nc3cccnc3)n2cc1-c1ccc(Cl)cc1Cl. The third kappa shape index (κ3) is 18.5. The van der Waals surface area contributed by atoms with Crippen molar-refractivity contribution in [2.45, 2.75) is 63.9 Å². The molecule has 112 heavy (non-hydrogen) atoms. The highest BCUT2D eigenvalue weighted by Crippen LogP contribution is 2.38. The number of halogens is 8. The summed E-state index contributed by atoms with van der Waals surface area (Å²) < 4.78 is 17.9. The van der Waals surface area contributed by atoms with Crippen LogP contribution < -0.4 is 38.9 Å². The second kappa shape index (κ2) is 36.7. The number of carbonyl (C=O) groups excluding carboxylic acids is 4. The van der Waals surface area contributed by atoms with Crippen LogP contribution >= 0.6 is 92.8 Å². The van der Waals surface area contributed by atoms with Crippen LogP contribution in [0.2, 0.25) is 40.2 Å². The Morgan fingerprint density at radius 2 is 0.804 bits per heavy atom. The molecule has 4 aromatic carbocycles. The Kier molecular flexibility index (Phi) is 26.4. The van der Waals surface area contributed by atoms with E-state index in [2.05, 4.69) is 52.8 Å². The largest absolute Gasteiger partial charge is 0.381 e. The Labute approximate surface area is 684 Å². The molecule has 13 aromatic rings. The molecule has 9 aromatic heterocycles. The predicted octanol–water partition coefficient (Wildman–Crippen LogP) is 14.9. The van der Waals surface area contributed by atoms with Crippen LogP contribution in [-0.4, -0.2) is 148 Å². The van der Waals surface area contributed by atoms with Crippen molar-refractivity contribution in [2.24, 2.45) is 22.9 Å². The Morgan fingerprint density at radius 3 is 1.16 bits per heavy atom. The number of pyridine rings is 5. The summed E-state index contributed by atoms with van der Waals surface area (Å²) in [4.78, 5) is 77.0. The molecule has 12 heterocycles. The molecule has 3 aliphatic rings. The molecular weight excluding hydrogens is 1590 g/mol. The van der Waals surface area contributed by atoms with Crippen molar-refractivity contribution < 1.29 is 28.7 Å². The molecule has 11 N–H and O–H groups in total. The molecule has 578 valence electrons. The minimum atomic E-state index is -0.297. The Balaban J connectivity index is 0.000000131. The number of nitrogens with two attached hydrogens (primary N) is 4. The number of ether oxygens (including phenoxy) is 2. The molecular formula is C80H76Cl8N18O6. The molecule has 0 bridgehead atoms. The number of carbonyl (C=O) groups is 4. The molecule has 4 amide bonds. The molecule has 0 aliphatic carbocycles. The van der Waals surface area contributed by atoms with Crippen molar-refractivity contribution >= 4 is 145 Å². The summed E-state index contributed by atoms with van der Waals surface area (Å²) in [7, 11) is 2.06. The van der Waals surface area contributed by atoms with Gasteiger partial charge < -0.3 is 58.2 Å². The maximum atomic E-state index is 13.1. The van der Waals surface area contributed by atoms with E-state index in [1.165, 1.54) is 6.20 Å². The smallest absolute Gasteiger partial charge is 0.274 e. The van der Waals surface area contributed by atoms with Crippen molar-refractivity contribution in [2.75, 3.05) is 65.0 Å². The van der Waals surface area contributed by atoms with Crippen LogP contribution in [0.4, 0.5) is 5.69 Å². The summed E-state index contributed by atoms with van der Waals surface area (Å²) in [6.45, 7) is 7.03. The number of nitrogens with one attached hydrogen (secondary N) is 3. The van der Waals surface area contributed by atoms with Crippen molar-refractivity contribution in [1.29, 1.82) is 0 Å². The van der Waals surface area contributed by atoms with Gasteiger partial charge in [0, 0.05) is 194 Å². The lowest BCUT2D eigenvalue weighted by atomic mass is 10.0. The van der Waals surface area contributed by atoms with Crippen LogP contribution in [0.5, 0.6) is 0 Å². The van der Waals surface area contributed by atoms with Crippen LogP contribution in [0.15, 0.2) is 171 Å². The zero-order chi connectivity index (χ0) is 78.9. The minimum absolute atomic E-state index is 0.0142. The lowest BCUT2D eigenvalue weighted by molar-refractivity contribution is 0.0621. The zero-order valence-electron chi connectivity index (χ0n) is 60.3. The van der Waals surface area contributed by atoms with Gasteiger partial charge in [-0.1, -0.05) is 117 Å². The Hall–Kier alpha value is -9.29. The first-order valence-corrected chi connectivity index (χ1v) is 38.8. The lowest BCUT2D eigenvalue weighted by Crippen LogP contribution is -2.47. The molecule has 3 saturated heterocycles. The summed E-state index contributed by atoms with van der Waals surface area (Å²) in [5, 5.41) is 13.2. The molecule has 3 aliphatic heterocycles. The fourth-order valence-electron chi connectivity index (χ4n) is 13.4. The number of rotatable bonds is 15. The molecule has 24 nitrogen and oxygen atoms in total. The van der Waals surface area contributed by atoms with E-state index in [9.17, 15) is 19.2 Å². The van der Waals surface area contributed by atoms with Gasteiger partial charge in [-0.3, -0.25) is 41.8 Å². The number of piperazine rings is 1. The molecule has 0 saturated carbocycles. The Morgan fingerprint density at radius 1 is 0.429 bits per heavy atom. The molecule has 0 radical (unpaired) electrons. The highest BCUT2D eigenvalue weighted by Gasteiger charge is 2.27. The molecule has 16 rings (SSSR count). The number of likely N-dealkylation sites (N-methyl/N-ethyl adjacent to an activating group) is 1. The molecule has 1 atom stereocenters. The number of nitrogens with zero attached hydrogens (tertiary/aromatic N) is 11. The number of anilines is 1. The summed E-state index contributed by atoms with van der Waals surface area (Å²) in [5.41, 5.74) is 39.0. The minimum Gasteiger partial charge on any atom is -0.381 e.